The highest BCUT2D eigenvalue weighted by Gasteiger charge is 2.58. The molecule has 0 aromatic carbocycles. The molecule has 4 rings (SSSR count). The van der Waals surface area contributed by atoms with Crippen LogP contribution in [-0.2, 0) is 16.0 Å². The number of aromatic amines is 1. The SMILES string of the molecule is O=C1C2C3C=CC(C3)C2C(=O)N1CCCc1ncn[nH]1. The number of aryl methyl sites for hydroxylation is 1. The molecule has 1 aromatic heterocycles. The van der Waals surface area contributed by atoms with Crippen LogP contribution in [0.4, 0.5) is 0 Å². The van der Waals surface area contributed by atoms with Crippen LogP contribution in [0.15, 0.2) is 18.5 Å². The first kappa shape index (κ1) is 11.8. The number of hydrogen-bond acceptors (Lipinski definition) is 4. The number of nitrogens with one attached hydrogen (secondary N) is 1. The molecule has 104 valence electrons. The lowest BCUT2D eigenvalue weighted by molar-refractivity contribution is -0.140. The molecule has 2 amide bonds. The van der Waals surface area contributed by atoms with Crippen molar-refractivity contribution in [3.63, 3.8) is 0 Å². The molecule has 2 bridgehead atoms. The van der Waals surface area contributed by atoms with Crippen LogP contribution < -0.4 is 0 Å². The van der Waals surface area contributed by atoms with Crippen molar-refractivity contribution in [2.75, 3.05) is 6.54 Å². The van der Waals surface area contributed by atoms with Gasteiger partial charge in [-0.2, -0.15) is 5.10 Å². The van der Waals surface area contributed by atoms with Gasteiger partial charge in [0.1, 0.15) is 12.2 Å². The lowest BCUT2D eigenvalue weighted by Gasteiger charge is -2.16. The number of nitrogens with zero attached hydrogens (tertiary/aromatic N) is 3. The van der Waals surface area contributed by atoms with Crippen LogP contribution in [0, 0.1) is 23.7 Å². The summed E-state index contributed by atoms with van der Waals surface area (Å²) in [5.41, 5.74) is 0. The minimum atomic E-state index is -0.0808. The van der Waals surface area contributed by atoms with Crippen molar-refractivity contribution in [2.24, 2.45) is 23.7 Å². The highest BCUT2D eigenvalue weighted by atomic mass is 16.2. The molecule has 0 spiro atoms. The molecule has 1 aromatic rings. The van der Waals surface area contributed by atoms with Gasteiger partial charge in [0.25, 0.3) is 0 Å². The Kier molecular flexibility index (Phi) is 2.52. The van der Waals surface area contributed by atoms with Gasteiger partial charge in [0.2, 0.25) is 11.8 Å². The lowest BCUT2D eigenvalue weighted by atomic mass is 9.85. The van der Waals surface area contributed by atoms with Gasteiger partial charge in [-0.3, -0.25) is 19.6 Å². The molecule has 1 aliphatic heterocycles. The van der Waals surface area contributed by atoms with Crippen LogP contribution in [-0.4, -0.2) is 38.4 Å². The van der Waals surface area contributed by atoms with Crippen molar-refractivity contribution >= 4 is 11.8 Å². The number of likely N-dealkylation sites (tertiary alicyclic amines) is 1. The summed E-state index contributed by atoms with van der Waals surface area (Å²) < 4.78 is 0. The third kappa shape index (κ3) is 1.57. The monoisotopic (exact) mass is 272 g/mol. The van der Waals surface area contributed by atoms with Gasteiger partial charge >= 0.3 is 0 Å². The third-order valence-corrected chi connectivity index (χ3v) is 4.82. The van der Waals surface area contributed by atoms with Gasteiger partial charge in [-0.1, -0.05) is 12.2 Å². The molecular formula is C14H16N4O2. The maximum atomic E-state index is 12.4. The molecule has 1 N–H and O–H groups in total. The van der Waals surface area contributed by atoms with Crippen LogP contribution in [0.2, 0.25) is 0 Å². The molecule has 2 fully saturated rings. The molecule has 1 saturated carbocycles. The number of fused-ring (bicyclic) bond motifs is 5. The highest BCUT2D eigenvalue weighted by Crippen LogP contribution is 2.52. The van der Waals surface area contributed by atoms with Gasteiger partial charge < -0.3 is 0 Å². The number of carbonyl (C=O) groups excluding carboxylic acids is 2. The van der Waals surface area contributed by atoms with E-state index in [1.54, 1.807) is 0 Å². The first-order chi connectivity index (χ1) is 9.75. The van der Waals surface area contributed by atoms with Crippen LogP contribution in [0.1, 0.15) is 18.7 Å². The van der Waals surface area contributed by atoms with Gasteiger partial charge in [0, 0.05) is 13.0 Å². The summed E-state index contributed by atoms with van der Waals surface area (Å²) in [4.78, 5) is 30.3. The van der Waals surface area contributed by atoms with E-state index in [2.05, 4.69) is 27.3 Å². The lowest BCUT2D eigenvalue weighted by Crippen LogP contribution is -2.34. The summed E-state index contributed by atoms with van der Waals surface area (Å²) in [5.74, 6) is 1.29. The van der Waals surface area contributed by atoms with E-state index < -0.39 is 0 Å². The molecular weight excluding hydrogens is 256 g/mol. The zero-order valence-corrected chi connectivity index (χ0v) is 11.0. The highest BCUT2D eigenvalue weighted by molar-refractivity contribution is 6.06. The molecule has 20 heavy (non-hydrogen) atoms. The molecule has 2 aliphatic carbocycles. The quantitative estimate of drug-likeness (QED) is 0.641. The number of allylic oxidation sites excluding steroid dienone is 2. The van der Waals surface area contributed by atoms with E-state index in [9.17, 15) is 9.59 Å². The topological polar surface area (TPSA) is 79.0 Å². The van der Waals surface area contributed by atoms with Gasteiger partial charge in [-0.15, -0.1) is 0 Å². The fourth-order valence-corrected chi connectivity index (χ4v) is 3.94. The second kappa shape index (κ2) is 4.26. The fraction of sp³-hybridized carbons (Fsp3) is 0.571. The number of rotatable bonds is 4. The fourth-order valence-electron chi connectivity index (χ4n) is 3.94. The van der Waals surface area contributed by atoms with Crippen LogP contribution in [0.25, 0.3) is 0 Å². The number of H-pyrrole nitrogens is 1. The van der Waals surface area contributed by atoms with Crippen molar-refractivity contribution in [1.82, 2.24) is 20.1 Å². The van der Waals surface area contributed by atoms with Gasteiger partial charge in [-0.05, 0) is 24.7 Å². The van der Waals surface area contributed by atoms with Crippen molar-refractivity contribution in [3.8, 4) is 0 Å². The van der Waals surface area contributed by atoms with Crippen LogP contribution >= 0.6 is 0 Å². The standard InChI is InChI=1S/C14H16N4O2/c19-13-11-8-3-4-9(6-8)12(11)14(20)18(13)5-1-2-10-15-7-16-17-10/h3-4,7-9,11-12H,1-2,5-6H2,(H,15,16,17). The largest absolute Gasteiger partial charge is 0.282 e. The van der Waals surface area contributed by atoms with E-state index in [1.807, 2.05) is 0 Å². The zero-order valence-electron chi connectivity index (χ0n) is 11.0. The second-order valence-electron chi connectivity index (χ2n) is 5.86. The Bertz CT molecular complexity index is 550. The molecule has 4 unspecified atom stereocenters. The Labute approximate surface area is 116 Å². The molecule has 6 heteroatoms. The summed E-state index contributed by atoms with van der Waals surface area (Å²) in [6.45, 7) is 0.491. The van der Waals surface area contributed by atoms with E-state index >= 15 is 0 Å². The van der Waals surface area contributed by atoms with E-state index in [0.29, 0.717) is 24.8 Å². The van der Waals surface area contributed by atoms with Crippen LogP contribution in [0.5, 0.6) is 0 Å². The van der Waals surface area contributed by atoms with Gasteiger partial charge in [-0.25, -0.2) is 4.98 Å². The zero-order chi connectivity index (χ0) is 13.7. The second-order valence-corrected chi connectivity index (χ2v) is 5.86. The van der Waals surface area contributed by atoms with E-state index in [4.69, 9.17) is 0 Å². The first-order valence-corrected chi connectivity index (χ1v) is 7.13. The molecule has 1 saturated heterocycles. The summed E-state index contributed by atoms with van der Waals surface area (Å²) in [6, 6.07) is 0. The van der Waals surface area contributed by atoms with E-state index in [-0.39, 0.29) is 23.7 Å². The summed E-state index contributed by atoms with van der Waals surface area (Å²) in [5, 5.41) is 6.57. The van der Waals surface area contributed by atoms with Gasteiger partial charge in [0.15, 0.2) is 0 Å². The average molecular weight is 272 g/mol. The first-order valence-electron chi connectivity index (χ1n) is 7.13. The normalized spacial score (nSPS) is 34.3. The summed E-state index contributed by atoms with van der Waals surface area (Å²) in [6.07, 6.45) is 8.13. The third-order valence-electron chi connectivity index (χ3n) is 4.82. The molecule has 2 heterocycles. The smallest absolute Gasteiger partial charge is 0.233 e. The number of amides is 2. The van der Waals surface area contributed by atoms with Crippen molar-refractivity contribution in [2.45, 2.75) is 19.3 Å². The number of aromatic nitrogens is 3. The average Bonchev–Trinajstić information content (AvgIpc) is 3.18. The Morgan fingerprint density at radius 3 is 2.50 bits per heavy atom. The Morgan fingerprint density at radius 2 is 1.90 bits per heavy atom. The Balaban J connectivity index is 1.43. The molecule has 3 aliphatic rings. The minimum Gasteiger partial charge on any atom is -0.282 e. The Hall–Kier alpha value is -1.98. The molecule has 6 nitrogen and oxygen atoms in total. The van der Waals surface area contributed by atoms with Crippen LogP contribution in [0.3, 0.4) is 0 Å². The maximum Gasteiger partial charge on any atom is 0.233 e. The maximum absolute atomic E-state index is 12.4. The number of imide groups is 1. The molecule has 4 atom stereocenters. The number of hydrogen-bond donors (Lipinski definition) is 1. The Morgan fingerprint density at radius 1 is 1.20 bits per heavy atom. The van der Waals surface area contributed by atoms with Crippen molar-refractivity contribution in [3.05, 3.63) is 24.3 Å². The van der Waals surface area contributed by atoms with E-state index in [0.717, 1.165) is 18.7 Å². The predicted octanol–water partition coefficient (Wildman–Crippen LogP) is 0.544. The van der Waals surface area contributed by atoms with Crippen molar-refractivity contribution in [1.29, 1.82) is 0 Å². The number of carbonyl (C=O) groups is 2. The predicted molar refractivity (Wildman–Crippen MR) is 69.1 cm³/mol. The minimum absolute atomic E-state index is 0.0365. The summed E-state index contributed by atoms with van der Waals surface area (Å²) >= 11 is 0. The van der Waals surface area contributed by atoms with Crippen molar-refractivity contribution < 1.29 is 9.59 Å². The van der Waals surface area contributed by atoms with Gasteiger partial charge in [0.05, 0.1) is 11.8 Å². The summed E-state index contributed by atoms with van der Waals surface area (Å²) in [7, 11) is 0. The molecule has 0 radical (unpaired) electrons. The van der Waals surface area contributed by atoms with E-state index in [1.165, 1.54) is 11.2 Å².